The molecule has 0 atom stereocenters. The van der Waals surface area contributed by atoms with E-state index in [-0.39, 0.29) is 21.6 Å². The molecule has 0 fully saturated rings. The van der Waals surface area contributed by atoms with Crippen molar-refractivity contribution >= 4 is 29.1 Å². The largest absolute Gasteiger partial charge is 0.334 e. The first-order chi connectivity index (χ1) is 9.29. The summed E-state index contributed by atoms with van der Waals surface area (Å²) in [6.07, 6.45) is 2.99. The predicted molar refractivity (Wildman–Crippen MR) is 80.1 cm³/mol. The summed E-state index contributed by atoms with van der Waals surface area (Å²) in [5.74, 6) is -0.156. The van der Waals surface area contributed by atoms with E-state index in [0.717, 1.165) is 6.42 Å². The van der Waals surface area contributed by atoms with Gasteiger partial charge in [0.05, 0.1) is 5.56 Å². The predicted octanol–water partition coefficient (Wildman–Crippen LogP) is 3.60. The van der Waals surface area contributed by atoms with E-state index in [1.165, 1.54) is 11.6 Å². The molecule has 0 saturated heterocycles. The van der Waals surface area contributed by atoms with Crippen LogP contribution < -0.4 is 0 Å². The average molecular weight is 314 g/mol. The van der Waals surface area contributed by atoms with Crippen LogP contribution in [-0.2, 0) is 0 Å². The Morgan fingerprint density at radius 2 is 2.00 bits per heavy atom. The van der Waals surface area contributed by atoms with Crippen molar-refractivity contribution in [1.82, 2.24) is 15.1 Å². The number of nitrogens with zero attached hydrogens (tertiary/aromatic N) is 3. The second-order valence-electron chi connectivity index (χ2n) is 5.85. The number of rotatable bonds is 1. The Bertz CT molecular complexity index is 564. The number of hydrogen-bond acceptors (Lipinski definition) is 3. The van der Waals surface area contributed by atoms with Gasteiger partial charge in [0.25, 0.3) is 5.91 Å². The SMILES string of the molecule is CC(C)(C)C1=CCN(C(=O)c2cc(Cl)nnc2Cl)CC1. The van der Waals surface area contributed by atoms with E-state index < -0.39 is 0 Å². The zero-order chi connectivity index (χ0) is 14.9. The fourth-order valence-corrected chi connectivity index (χ4v) is 2.53. The fraction of sp³-hybridized carbons (Fsp3) is 0.500. The number of amides is 1. The Morgan fingerprint density at radius 1 is 1.30 bits per heavy atom. The van der Waals surface area contributed by atoms with Gasteiger partial charge in [-0.15, -0.1) is 10.2 Å². The van der Waals surface area contributed by atoms with Gasteiger partial charge in [0.15, 0.2) is 10.3 Å². The molecule has 0 unspecified atom stereocenters. The fourth-order valence-electron chi connectivity index (χ4n) is 2.21. The Morgan fingerprint density at radius 3 is 2.55 bits per heavy atom. The molecule has 0 aliphatic carbocycles. The molecule has 108 valence electrons. The van der Waals surface area contributed by atoms with Crippen molar-refractivity contribution < 1.29 is 4.79 Å². The molecular weight excluding hydrogens is 297 g/mol. The third kappa shape index (κ3) is 3.30. The van der Waals surface area contributed by atoms with Crippen molar-refractivity contribution in [2.24, 2.45) is 5.41 Å². The Labute approximate surface area is 128 Å². The summed E-state index contributed by atoms with van der Waals surface area (Å²) in [7, 11) is 0. The van der Waals surface area contributed by atoms with E-state index in [9.17, 15) is 4.79 Å². The lowest BCUT2D eigenvalue weighted by Gasteiger charge is -2.32. The van der Waals surface area contributed by atoms with Crippen LogP contribution in [0.15, 0.2) is 17.7 Å². The molecule has 20 heavy (non-hydrogen) atoms. The third-order valence-electron chi connectivity index (χ3n) is 3.41. The van der Waals surface area contributed by atoms with Gasteiger partial charge >= 0.3 is 0 Å². The maximum Gasteiger partial charge on any atom is 0.257 e. The van der Waals surface area contributed by atoms with Crippen LogP contribution in [0.2, 0.25) is 10.3 Å². The summed E-state index contributed by atoms with van der Waals surface area (Å²) in [6, 6.07) is 1.46. The monoisotopic (exact) mass is 313 g/mol. The molecule has 1 aliphatic rings. The Balaban J connectivity index is 2.17. The number of aromatic nitrogens is 2. The van der Waals surface area contributed by atoms with Crippen molar-refractivity contribution in [3.05, 3.63) is 33.6 Å². The lowest BCUT2D eigenvalue weighted by Crippen LogP contribution is -2.36. The minimum atomic E-state index is -0.156. The van der Waals surface area contributed by atoms with E-state index >= 15 is 0 Å². The van der Waals surface area contributed by atoms with Crippen LogP contribution >= 0.6 is 23.2 Å². The molecular formula is C14H17Cl2N3O. The van der Waals surface area contributed by atoms with Crippen molar-refractivity contribution in [2.75, 3.05) is 13.1 Å². The van der Waals surface area contributed by atoms with Gasteiger partial charge < -0.3 is 4.90 Å². The topological polar surface area (TPSA) is 46.1 Å². The van der Waals surface area contributed by atoms with Gasteiger partial charge in [0.2, 0.25) is 0 Å². The molecule has 6 heteroatoms. The molecule has 4 nitrogen and oxygen atoms in total. The van der Waals surface area contributed by atoms with Crippen molar-refractivity contribution in [2.45, 2.75) is 27.2 Å². The van der Waals surface area contributed by atoms with Gasteiger partial charge in [0, 0.05) is 13.1 Å². The van der Waals surface area contributed by atoms with Gasteiger partial charge in [-0.3, -0.25) is 4.79 Å². The molecule has 0 aromatic carbocycles. The molecule has 2 rings (SSSR count). The van der Waals surface area contributed by atoms with Crippen LogP contribution in [0.3, 0.4) is 0 Å². The molecule has 1 aromatic heterocycles. The first-order valence-corrected chi connectivity index (χ1v) is 7.22. The van der Waals surface area contributed by atoms with Crippen LogP contribution in [0.5, 0.6) is 0 Å². The summed E-state index contributed by atoms with van der Waals surface area (Å²) in [6.45, 7) is 7.80. The highest BCUT2D eigenvalue weighted by Gasteiger charge is 2.25. The van der Waals surface area contributed by atoms with Crippen molar-refractivity contribution in [3.63, 3.8) is 0 Å². The Hall–Kier alpha value is -1.13. The third-order valence-corrected chi connectivity index (χ3v) is 3.87. The van der Waals surface area contributed by atoms with Gasteiger partial charge in [0.1, 0.15) is 0 Å². The molecule has 1 amide bonds. The zero-order valence-corrected chi connectivity index (χ0v) is 13.3. The lowest BCUT2D eigenvalue weighted by molar-refractivity contribution is 0.0764. The maximum atomic E-state index is 12.4. The van der Waals surface area contributed by atoms with Crippen LogP contribution in [0, 0.1) is 5.41 Å². The molecule has 0 bridgehead atoms. The van der Waals surface area contributed by atoms with Gasteiger partial charge in [-0.2, -0.15) is 0 Å². The van der Waals surface area contributed by atoms with Crippen molar-refractivity contribution in [1.29, 1.82) is 0 Å². The highest BCUT2D eigenvalue weighted by atomic mass is 35.5. The van der Waals surface area contributed by atoms with Crippen LogP contribution in [0.4, 0.5) is 0 Å². The summed E-state index contributed by atoms with van der Waals surface area (Å²) in [5, 5.41) is 7.54. The summed E-state index contributed by atoms with van der Waals surface area (Å²) < 4.78 is 0. The van der Waals surface area contributed by atoms with Crippen molar-refractivity contribution in [3.8, 4) is 0 Å². The van der Waals surface area contributed by atoms with Crippen LogP contribution in [-0.4, -0.2) is 34.1 Å². The maximum absolute atomic E-state index is 12.4. The second-order valence-corrected chi connectivity index (χ2v) is 6.60. The minimum Gasteiger partial charge on any atom is -0.334 e. The van der Waals surface area contributed by atoms with Gasteiger partial charge in [-0.1, -0.05) is 55.6 Å². The van der Waals surface area contributed by atoms with E-state index in [1.54, 1.807) is 4.90 Å². The summed E-state index contributed by atoms with van der Waals surface area (Å²) in [5.41, 5.74) is 1.83. The zero-order valence-electron chi connectivity index (χ0n) is 11.8. The number of carbonyl (C=O) groups excluding carboxylic acids is 1. The number of halogens is 2. The quantitative estimate of drug-likeness (QED) is 0.744. The Kier molecular flexibility index (Phi) is 4.35. The second kappa shape index (κ2) is 5.70. The molecule has 1 aromatic rings. The number of carbonyl (C=O) groups is 1. The minimum absolute atomic E-state index is 0.0880. The average Bonchev–Trinajstić information content (AvgIpc) is 2.40. The smallest absolute Gasteiger partial charge is 0.257 e. The summed E-state index contributed by atoms with van der Waals surface area (Å²) >= 11 is 11.7. The van der Waals surface area contributed by atoms with E-state index in [1.807, 2.05) is 0 Å². The van der Waals surface area contributed by atoms with E-state index in [4.69, 9.17) is 23.2 Å². The van der Waals surface area contributed by atoms with E-state index in [0.29, 0.717) is 18.7 Å². The highest BCUT2D eigenvalue weighted by molar-refractivity contribution is 6.34. The molecule has 1 aliphatic heterocycles. The normalized spacial score (nSPS) is 16.1. The first kappa shape index (κ1) is 15.3. The van der Waals surface area contributed by atoms with Crippen LogP contribution in [0.25, 0.3) is 0 Å². The van der Waals surface area contributed by atoms with Gasteiger partial charge in [-0.25, -0.2) is 0 Å². The lowest BCUT2D eigenvalue weighted by atomic mass is 9.83. The molecule has 2 heterocycles. The molecule has 0 radical (unpaired) electrons. The summed E-state index contributed by atoms with van der Waals surface area (Å²) in [4.78, 5) is 14.2. The van der Waals surface area contributed by atoms with Gasteiger partial charge in [-0.05, 0) is 17.9 Å². The number of hydrogen-bond donors (Lipinski definition) is 0. The van der Waals surface area contributed by atoms with Crippen LogP contribution in [0.1, 0.15) is 37.6 Å². The highest BCUT2D eigenvalue weighted by Crippen LogP contribution is 2.30. The molecule has 0 N–H and O–H groups in total. The standard InChI is InChI=1S/C14H17Cl2N3O/c1-14(2,3)9-4-6-19(7-5-9)13(20)10-8-11(15)17-18-12(10)16/h4,8H,5-7H2,1-3H3. The van der Waals surface area contributed by atoms with E-state index in [2.05, 4.69) is 37.0 Å². The molecule has 0 spiro atoms. The first-order valence-electron chi connectivity index (χ1n) is 6.46. The molecule has 0 saturated carbocycles.